The third kappa shape index (κ3) is 3.21. The summed E-state index contributed by atoms with van der Waals surface area (Å²) in [4.78, 5) is 13.8. The van der Waals surface area contributed by atoms with Crippen molar-refractivity contribution >= 4 is 5.91 Å². The zero-order valence-corrected chi connectivity index (χ0v) is 10.9. The summed E-state index contributed by atoms with van der Waals surface area (Å²) < 4.78 is 0. The first-order chi connectivity index (χ1) is 7.60. The third-order valence-corrected chi connectivity index (χ3v) is 4.05. The van der Waals surface area contributed by atoms with Gasteiger partial charge in [-0.2, -0.15) is 0 Å². The topological polar surface area (TPSA) is 46.3 Å². The van der Waals surface area contributed by atoms with Gasteiger partial charge in [0.2, 0.25) is 5.91 Å². The summed E-state index contributed by atoms with van der Waals surface area (Å²) in [6, 6.07) is 0.113. The van der Waals surface area contributed by atoms with Crippen molar-refractivity contribution < 1.29 is 4.79 Å². The van der Waals surface area contributed by atoms with Gasteiger partial charge in [0, 0.05) is 13.1 Å². The molecule has 1 atom stereocenters. The summed E-state index contributed by atoms with van der Waals surface area (Å²) >= 11 is 0. The first kappa shape index (κ1) is 13.5. The average Bonchev–Trinajstić information content (AvgIpc) is 2.36. The van der Waals surface area contributed by atoms with Gasteiger partial charge in [0.1, 0.15) is 0 Å². The number of rotatable bonds is 4. The van der Waals surface area contributed by atoms with Crippen molar-refractivity contribution in [1.82, 2.24) is 4.90 Å². The van der Waals surface area contributed by atoms with Crippen LogP contribution in [0, 0.1) is 5.92 Å². The first-order valence-corrected chi connectivity index (χ1v) is 6.62. The molecule has 0 aromatic carbocycles. The number of nitrogens with two attached hydrogens (primary N) is 1. The first-order valence-electron chi connectivity index (χ1n) is 6.62. The molecule has 94 valence electrons. The van der Waals surface area contributed by atoms with Crippen LogP contribution in [0.4, 0.5) is 0 Å². The van der Waals surface area contributed by atoms with Crippen LogP contribution in [0.5, 0.6) is 0 Å². The van der Waals surface area contributed by atoms with Crippen molar-refractivity contribution in [3.63, 3.8) is 0 Å². The van der Waals surface area contributed by atoms with Crippen molar-refractivity contribution in [1.29, 1.82) is 0 Å². The zero-order chi connectivity index (χ0) is 12.1. The third-order valence-electron chi connectivity index (χ3n) is 4.05. The van der Waals surface area contributed by atoms with Gasteiger partial charge >= 0.3 is 0 Å². The van der Waals surface area contributed by atoms with E-state index in [4.69, 9.17) is 5.73 Å². The summed E-state index contributed by atoms with van der Waals surface area (Å²) in [5.74, 6) is 0.988. The monoisotopic (exact) mass is 226 g/mol. The van der Waals surface area contributed by atoms with Gasteiger partial charge in [-0.1, -0.05) is 20.3 Å². The highest BCUT2D eigenvalue weighted by molar-refractivity contribution is 5.81. The van der Waals surface area contributed by atoms with Crippen LogP contribution in [0.25, 0.3) is 0 Å². The fraction of sp³-hybridized carbons (Fsp3) is 0.923. The maximum atomic E-state index is 11.9. The molecule has 1 saturated carbocycles. The molecule has 1 unspecified atom stereocenters. The second-order valence-electron chi connectivity index (χ2n) is 5.05. The lowest BCUT2D eigenvalue weighted by Gasteiger charge is -2.35. The molecule has 1 rings (SSSR count). The van der Waals surface area contributed by atoms with E-state index in [1.807, 2.05) is 18.9 Å². The molecule has 0 aromatic heterocycles. The van der Waals surface area contributed by atoms with Crippen LogP contribution in [0.15, 0.2) is 0 Å². The van der Waals surface area contributed by atoms with Crippen LogP contribution in [0.2, 0.25) is 0 Å². The lowest BCUT2D eigenvalue weighted by Crippen LogP contribution is -2.47. The summed E-state index contributed by atoms with van der Waals surface area (Å²) in [5, 5.41) is 0. The summed E-state index contributed by atoms with van der Waals surface area (Å²) in [5.41, 5.74) is 5.79. The van der Waals surface area contributed by atoms with Gasteiger partial charge in [-0.15, -0.1) is 0 Å². The number of carbonyl (C=O) groups is 1. The second-order valence-corrected chi connectivity index (χ2v) is 5.05. The molecular formula is C13H26N2O. The van der Waals surface area contributed by atoms with E-state index in [1.54, 1.807) is 0 Å². The maximum Gasteiger partial charge on any atom is 0.239 e. The van der Waals surface area contributed by atoms with Crippen LogP contribution in [0.1, 0.15) is 52.4 Å². The highest BCUT2D eigenvalue weighted by Gasteiger charge is 2.27. The van der Waals surface area contributed by atoms with E-state index in [1.165, 1.54) is 19.3 Å². The molecule has 1 amide bonds. The molecule has 1 aliphatic rings. The van der Waals surface area contributed by atoms with E-state index in [-0.39, 0.29) is 11.9 Å². The van der Waals surface area contributed by atoms with E-state index in [0.717, 1.165) is 25.2 Å². The standard InChI is InChI=1S/C13H26N2O/c1-4-10-6-8-11(9-7-10)15(3)13(16)12(14)5-2/h10-12H,4-9,14H2,1-3H3. The lowest BCUT2D eigenvalue weighted by molar-refractivity contribution is -0.134. The Labute approximate surface area is 99.4 Å². The van der Waals surface area contributed by atoms with Gasteiger partial charge < -0.3 is 10.6 Å². The molecular weight excluding hydrogens is 200 g/mol. The van der Waals surface area contributed by atoms with Crippen molar-refractivity contribution in [3.05, 3.63) is 0 Å². The minimum absolute atomic E-state index is 0.113. The quantitative estimate of drug-likeness (QED) is 0.798. The van der Waals surface area contributed by atoms with Crippen LogP contribution in [-0.4, -0.2) is 29.9 Å². The SMILES string of the molecule is CCC1CCC(N(C)C(=O)C(N)CC)CC1. The number of amides is 1. The van der Waals surface area contributed by atoms with Gasteiger partial charge in [0.25, 0.3) is 0 Å². The molecule has 0 spiro atoms. The van der Waals surface area contributed by atoms with Gasteiger partial charge in [-0.25, -0.2) is 0 Å². The van der Waals surface area contributed by atoms with Gasteiger partial charge in [0.05, 0.1) is 6.04 Å². The Morgan fingerprint density at radius 1 is 1.31 bits per heavy atom. The largest absolute Gasteiger partial charge is 0.341 e. The molecule has 3 nitrogen and oxygen atoms in total. The van der Waals surface area contributed by atoms with Crippen LogP contribution in [0.3, 0.4) is 0 Å². The fourth-order valence-electron chi connectivity index (χ4n) is 2.56. The molecule has 0 heterocycles. The van der Waals surface area contributed by atoms with Crippen LogP contribution in [-0.2, 0) is 4.79 Å². The molecule has 3 heteroatoms. The van der Waals surface area contributed by atoms with Crippen LogP contribution < -0.4 is 5.73 Å². The molecule has 2 N–H and O–H groups in total. The predicted octanol–water partition coefficient (Wildman–Crippen LogP) is 2.15. The molecule has 16 heavy (non-hydrogen) atoms. The van der Waals surface area contributed by atoms with Crippen LogP contribution >= 0.6 is 0 Å². The van der Waals surface area contributed by atoms with Crippen molar-refractivity contribution in [2.24, 2.45) is 11.7 Å². The van der Waals surface area contributed by atoms with E-state index in [9.17, 15) is 4.79 Å². The molecule has 0 saturated heterocycles. The number of likely N-dealkylation sites (N-methyl/N-ethyl adjacent to an activating group) is 1. The maximum absolute atomic E-state index is 11.9. The fourth-order valence-corrected chi connectivity index (χ4v) is 2.56. The Morgan fingerprint density at radius 2 is 1.88 bits per heavy atom. The highest BCUT2D eigenvalue weighted by atomic mass is 16.2. The molecule has 1 aliphatic carbocycles. The minimum atomic E-state index is -0.311. The average molecular weight is 226 g/mol. The number of carbonyl (C=O) groups excluding carboxylic acids is 1. The summed E-state index contributed by atoms with van der Waals surface area (Å²) in [7, 11) is 1.91. The minimum Gasteiger partial charge on any atom is -0.341 e. The number of hydrogen-bond donors (Lipinski definition) is 1. The van der Waals surface area contributed by atoms with Crippen molar-refractivity contribution in [2.45, 2.75) is 64.5 Å². The van der Waals surface area contributed by atoms with E-state index >= 15 is 0 Å². The molecule has 0 bridgehead atoms. The Balaban J connectivity index is 2.43. The zero-order valence-electron chi connectivity index (χ0n) is 10.9. The van der Waals surface area contributed by atoms with Crippen molar-refractivity contribution in [3.8, 4) is 0 Å². The van der Waals surface area contributed by atoms with Crippen molar-refractivity contribution in [2.75, 3.05) is 7.05 Å². The molecule has 0 aliphatic heterocycles. The van der Waals surface area contributed by atoms with Gasteiger partial charge in [0.15, 0.2) is 0 Å². The molecule has 0 radical (unpaired) electrons. The van der Waals surface area contributed by atoms with Gasteiger partial charge in [-0.05, 0) is 38.0 Å². The Morgan fingerprint density at radius 3 is 2.31 bits per heavy atom. The Kier molecular flexibility index (Phi) is 5.26. The van der Waals surface area contributed by atoms with E-state index < -0.39 is 0 Å². The Bertz CT molecular complexity index is 222. The number of hydrogen-bond acceptors (Lipinski definition) is 2. The summed E-state index contributed by atoms with van der Waals surface area (Å²) in [6.45, 7) is 4.22. The summed E-state index contributed by atoms with van der Waals surface area (Å²) in [6.07, 6.45) is 6.83. The van der Waals surface area contributed by atoms with Gasteiger partial charge in [-0.3, -0.25) is 4.79 Å². The predicted molar refractivity (Wildman–Crippen MR) is 67.1 cm³/mol. The Hall–Kier alpha value is -0.570. The van der Waals surface area contributed by atoms with E-state index in [2.05, 4.69) is 6.92 Å². The lowest BCUT2D eigenvalue weighted by atomic mass is 9.84. The molecule has 0 aromatic rings. The number of nitrogens with zero attached hydrogens (tertiary/aromatic N) is 1. The smallest absolute Gasteiger partial charge is 0.239 e. The normalized spacial score (nSPS) is 27.5. The molecule has 1 fully saturated rings. The van der Waals surface area contributed by atoms with E-state index in [0.29, 0.717) is 6.04 Å². The second kappa shape index (κ2) is 6.24. The highest BCUT2D eigenvalue weighted by Crippen LogP contribution is 2.29.